The molecule has 0 spiro atoms. The fourth-order valence-corrected chi connectivity index (χ4v) is 6.17. The van der Waals surface area contributed by atoms with Crippen LogP contribution in [0.3, 0.4) is 0 Å². The molecule has 8 heteroatoms. The quantitative estimate of drug-likeness (QED) is 0.0527. The molecule has 0 rings (SSSR count). The van der Waals surface area contributed by atoms with E-state index < -0.39 is 6.16 Å². The summed E-state index contributed by atoms with van der Waals surface area (Å²) in [6, 6.07) is 0. The summed E-state index contributed by atoms with van der Waals surface area (Å²) in [6.45, 7) is 16.9. The van der Waals surface area contributed by atoms with Crippen molar-refractivity contribution in [3.8, 4) is 0 Å². The maximum atomic E-state index is 12.5. The molecule has 47 heavy (non-hydrogen) atoms. The van der Waals surface area contributed by atoms with E-state index in [2.05, 4.69) is 44.4 Å². The van der Waals surface area contributed by atoms with Gasteiger partial charge in [-0.2, -0.15) is 0 Å². The molecule has 1 unspecified atom stereocenters. The van der Waals surface area contributed by atoms with Crippen molar-refractivity contribution in [1.29, 1.82) is 0 Å². The van der Waals surface area contributed by atoms with Gasteiger partial charge in [0.15, 0.2) is 0 Å². The van der Waals surface area contributed by atoms with Crippen LogP contribution in [-0.4, -0.2) is 92.2 Å². The van der Waals surface area contributed by atoms with Gasteiger partial charge in [0.05, 0.1) is 13.2 Å². The van der Waals surface area contributed by atoms with Crippen LogP contribution in [-0.2, 0) is 19.0 Å². The standard InChI is InChI=1S/C39H78N2O6/c1-6-11-18-23-36(24-19-12-7-2)28-34-45-38(43)27-22-17-15-14-16-21-26-37(25-20-13-8-3)47-39(44)46-35-32-41(31-33-42)30-29-40(9-4)10-5/h36-37,42H,6-35H2,1-5H3. The number of hydrogen-bond acceptors (Lipinski definition) is 8. The molecule has 0 fully saturated rings. The van der Waals surface area contributed by atoms with E-state index in [0.717, 1.165) is 103 Å². The lowest BCUT2D eigenvalue weighted by Gasteiger charge is -2.25. The van der Waals surface area contributed by atoms with Crippen molar-refractivity contribution in [3.05, 3.63) is 0 Å². The van der Waals surface area contributed by atoms with Crippen LogP contribution in [0.2, 0.25) is 0 Å². The molecule has 280 valence electrons. The molecule has 0 aromatic heterocycles. The second-order valence-corrected chi connectivity index (χ2v) is 13.5. The van der Waals surface area contributed by atoms with E-state index in [1.165, 1.54) is 51.4 Å². The van der Waals surface area contributed by atoms with Gasteiger partial charge in [-0.15, -0.1) is 0 Å². The Hall–Kier alpha value is -1.38. The van der Waals surface area contributed by atoms with Crippen molar-refractivity contribution in [3.63, 3.8) is 0 Å². The van der Waals surface area contributed by atoms with Gasteiger partial charge in [-0.05, 0) is 57.5 Å². The number of esters is 1. The Morgan fingerprint density at radius 1 is 0.553 bits per heavy atom. The molecule has 0 amide bonds. The summed E-state index contributed by atoms with van der Waals surface area (Å²) < 4.78 is 16.8. The number of hydrogen-bond donors (Lipinski definition) is 1. The molecule has 0 heterocycles. The van der Waals surface area contributed by atoms with Crippen LogP contribution in [0.1, 0.15) is 169 Å². The zero-order valence-electron chi connectivity index (χ0n) is 31.8. The van der Waals surface area contributed by atoms with Gasteiger partial charge in [-0.25, -0.2) is 4.79 Å². The van der Waals surface area contributed by atoms with E-state index in [1.54, 1.807) is 0 Å². The monoisotopic (exact) mass is 671 g/mol. The Kier molecular flexibility index (Phi) is 33.5. The van der Waals surface area contributed by atoms with E-state index in [1.807, 2.05) is 0 Å². The maximum Gasteiger partial charge on any atom is 0.508 e. The summed E-state index contributed by atoms with van der Waals surface area (Å²) >= 11 is 0. The summed E-state index contributed by atoms with van der Waals surface area (Å²) in [5.41, 5.74) is 0. The van der Waals surface area contributed by atoms with Crippen molar-refractivity contribution in [2.24, 2.45) is 5.92 Å². The first-order chi connectivity index (χ1) is 22.9. The lowest BCUT2D eigenvalue weighted by molar-refractivity contribution is -0.144. The molecule has 0 aromatic rings. The number of unbranched alkanes of at least 4 members (excludes halogenated alkanes) is 11. The molecule has 1 atom stereocenters. The Labute approximate surface area is 291 Å². The summed E-state index contributed by atoms with van der Waals surface area (Å²) in [7, 11) is 0. The van der Waals surface area contributed by atoms with Crippen LogP contribution < -0.4 is 0 Å². The highest BCUT2D eigenvalue weighted by Crippen LogP contribution is 2.21. The maximum absolute atomic E-state index is 12.5. The minimum atomic E-state index is -0.574. The topological polar surface area (TPSA) is 88.5 Å². The van der Waals surface area contributed by atoms with Gasteiger partial charge >= 0.3 is 12.1 Å². The van der Waals surface area contributed by atoms with Crippen LogP contribution in [0.25, 0.3) is 0 Å². The van der Waals surface area contributed by atoms with Gasteiger partial charge in [0.1, 0.15) is 12.7 Å². The van der Waals surface area contributed by atoms with E-state index in [9.17, 15) is 14.7 Å². The molecule has 0 aromatic carbocycles. The van der Waals surface area contributed by atoms with Gasteiger partial charge in [0.2, 0.25) is 0 Å². The Morgan fingerprint density at radius 3 is 1.66 bits per heavy atom. The number of rotatable bonds is 35. The van der Waals surface area contributed by atoms with Crippen molar-refractivity contribution < 1.29 is 28.9 Å². The molecule has 0 saturated heterocycles. The largest absolute Gasteiger partial charge is 0.508 e. The molecule has 0 aliphatic rings. The summed E-state index contributed by atoms with van der Waals surface area (Å²) in [6.07, 6.45) is 22.5. The van der Waals surface area contributed by atoms with E-state index in [-0.39, 0.29) is 25.3 Å². The zero-order valence-corrected chi connectivity index (χ0v) is 31.8. The highest BCUT2D eigenvalue weighted by molar-refractivity contribution is 5.69. The minimum Gasteiger partial charge on any atom is -0.466 e. The molecule has 0 bridgehead atoms. The predicted octanol–water partition coefficient (Wildman–Crippen LogP) is 9.56. The van der Waals surface area contributed by atoms with Crippen LogP contribution in [0.4, 0.5) is 4.79 Å². The minimum absolute atomic E-state index is 0.0365. The zero-order chi connectivity index (χ0) is 34.8. The van der Waals surface area contributed by atoms with Gasteiger partial charge in [-0.1, -0.05) is 125 Å². The summed E-state index contributed by atoms with van der Waals surface area (Å²) in [5.74, 6) is 0.662. The number of carbonyl (C=O) groups excluding carboxylic acids is 2. The van der Waals surface area contributed by atoms with Gasteiger partial charge in [0, 0.05) is 32.6 Å². The fraction of sp³-hybridized carbons (Fsp3) is 0.949. The van der Waals surface area contributed by atoms with Crippen molar-refractivity contribution in [2.45, 2.75) is 176 Å². The molecular formula is C39H78N2O6. The van der Waals surface area contributed by atoms with E-state index in [4.69, 9.17) is 14.2 Å². The van der Waals surface area contributed by atoms with E-state index >= 15 is 0 Å². The first kappa shape index (κ1) is 45.6. The van der Waals surface area contributed by atoms with Gasteiger partial charge in [0.25, 0.3) is 0 Å². The highest BCUT2D eigenvalue weighted by atomic mass is 16.7. The number of ether oxygens (including phenoxy) is 3. The van der Waals surface area contributed by atoms with Gasteiger partial charge < -0.3 is 24.2 Å². The molecule has 0 aliphatic carbocycles. The first-order valence-corrected chi connectivity index (χ1v) is 20.0. The summed E-state index contributed by atoms with van der Waals surface area (Å²) in [5, 5.41) is 9.42. The predicted molar refractivity (Wildman–Crippen MR) is 196 cm³/mol. The lowest BCUT2D eigenvalue weighted by atomic mass is 9.92. The third kappa shape index (κ3) is 29.3. The molecule has 1 N–H and O–H groups in total. The third-order valence-electron chi connectivity index (χ3n) is 9.44. The SMILES string of the molecule is CCCCCC(CCCCC)CCOC(=O)CCCCCCCCC(CCCCC)OC(=O)OCCN(CCO)CCN(CC)CC. The Balaban J connectivity index is 4.21. The number of aliphatic hydroxyl groups is 1. The second kappa shape index (κ2) is 34.5. The Morgan fingerprint density at radius 2 is 1.09 bits per heavy atom. The molecule has 0 radical (unpaired) electrons. The lowest BCUT2D eigenvalue weighted by Crippen LogP contribution is -2.38. The number of likely N-dealkylation sites (N-methyl/N-ethyl adjacent to an activating group) is 1. The average molecular weight is 671 g/mol. The Bertz CT molecular complexity index is 680. The average Bonchev–Trinajstić information content (AvgIpc) is 3.06. The normalized spacial score (nSPS) is 12.3. The molecular weight excluding hydrogens is 592 g/mol. The molecule has 0 aliphatic heterocycles. The fourth-order valence-electron chi connectivity index (χ4n) is 6.17. The van der Waals surface area contributed by atoms with Crippen molar-refractivity contribution in [1.82, 2.24) is 9.80 Å². The molecule has 0 saturated carbocycles. The van der Waals surface area contributed by atoms with Crippen molar-refractivity contribution in [2.75, 3.05) is 59.1 Å². The van der Waals surface area contributed by atoms with Gasteiger partial charge in [-0.3, -0.25) is 9.69 Å². The highest BCUT2D eigenvalue weighted by Gasteiger charge is 2.16. The van der Waals surface area contributed by atoms with Crippen LogP contribution in [0, 0.1) is 5.92 Å². The first-order valence-electron chi connectivity index (χ1n) is 20.0. The van der Waals surface area contributed by atoms with Crippen LogP contribution >= 0.6 is 0 Å². The van der Waals surface area contributed by atoms with Crippen molar-refractivity contribution >= 4 is 12.1 Å². The third-order valence-corrected chi connectivity index (χ3v) is 9.44. The van der Waals surface area contributed by atoms with Crippen LogP contribution in [0.15, 0.2) is 0 Å². The smallest absolute Gasteiger partial charge is 0.466 e. The second-order valence-electron chi connectivity index (χ2n) is 13.5. The number of carbonyl (C=O) groups is 2. The summed E-state index contributed by atoms with van der Waals surface area (Å²) in [4.78, 5) is 29.2. The molecule has 8 nitrogen and oxygen atoms in total. The number of aliphatic hydroxyl groups excluding tert-OH is 1. The van der Waals surface area contributed by atoms with E-state index in [0.29, 0.717) is 32.0 Å². The van der Waals surface area contributed by atoms with Crippen LogP contribution in [0.5, 0.6) is 0 Å². The number of nitrogens with zero attached hydrogens (tertiary/aromatic N) is 2.